The normalized spacial score (nSPS) is 11.2. The van der Waals surface area contributed by atoms with Crippen LogP contribution in [0, 0.1) is 0 Å². The van der Waals surface area contributed by atoms with E-state index in [0.717, 1.165) is 16.9 Å². The second-order valence-corrected chi connectivity index (χ2v) is 9.57. The Morgan fingerprint density at radius 2 is 1.94 bits per heavy atom. The summed E-state index contributed by atoms with van der Waals surface area (Å²) in [4.78, 5) is 23.3. The first kappa shape index (κ1) is 26.1. The van der Waals surface area contributed by atoms with E-state index in [9.17, 15) is 4.79 Å². The summed E-state index contributed by atoms with van der Waals surface area (Å²) in [5, 5.41) is 2.15. The Balaban J connectivity index is 1.59. The summed E-state index contributed by atoms with van der Waals surface area (Å²) in [5.74, 6) is 0.682. The van der Waals surface area contributed by atoms with E-state index < -0.39 is 5.97 Å². The van der Waals surface area contributed by atoms with Gasteiger partial charge in [-0.1, -0.05) is 34.8 Å². The number of aromatic nitrogens is 3. The molecule has 36 heavy (non-hydrogen) atoms. The number of esters is 1. The minimum absolute atomic E-state index is 0.143. The van der Waals surface area contributed by atoms with Crippen LogP contribution in [-0.2, 0) is 4.74 Å². The van der Waals surface area contributed by atoms with Crippen LogP contribution < -0.4 is 9.64 Å². The lowest BCUT2D eigenvalue weighted by Gasteiger charge is -2.29. The summed E-state index contributed by atoms with van der Waals surface area (Å²) < 4.78 is 12.7. The van der Waals surface area contributed by atoms with Crippen molar-refractivity contribution in [3.8, 4) is 11.4 Å². The number of carbonyl (C=O) groups excluding carboxylic acids is 1. The SMILES string of the molecule is COC(=O)c1cc(Cl)ccc1OCCCN(c1cc(-n2ccnc2)c2ccc(Cl)c(Cl)c2n1)C(C)C. The van der Waals surface area contributed by atoms with Crippen LogP contribution in [-0.4, -0.2) is 46.8 Å². The fourth-order valence-electron chi connectivity index (χ4n) is 3.92. The number of hydrogen-bond acceptors (Lipinski definition) is 6. The number of benzene rings is 2. The standard InChI is InChI=1S/C26H25Cl3N4O3/c1-16(2)33(10-4-12-36-22-8-5-17(27)13-19(22)26(34)35-3)23-14-21(32-11-9-30-15-32)18-6-7-20(28)24(29)25(18)31-23/h5-9,11,13-16H,4,10,12H2,1-3H3. The molecule has 4 aromatic rings. The second kappa shape index (κ2) is 11.4. The Morgan fingerprint density at radius 3 is 2.64 bits per heavy atom. The first-order valence-electron chi connectivity index (χ1n) is 11.3. The van der Waals surface area contributed by atoms with Crippen molar-refractivity contribution in [1.29, 1.82) is 0 Å². The van der Waals surface area contributed by atoms with Crippen LogP contribution in [0.3, 0.4) is 0 Å². The van der Waals surface area contributed by atoms with E-state index in [0.29, 0.717) is 51.5 Å². The van der Waals surface area contributed by atoms with Gasteiger partial charge in [0.05, 0.1) is 41.3 Å². The molecule has 2 aromatic heterocycles. The first-order chi connectivity index (χ1) is 17.3. The topological polar surface area (TPSA) is 69.5 Å². The number of rotatable bonds is 9. The van der Waals surface area contributed by atoms with Crippen LogP contribution in [0.5, 0.6) is 5.75 Å². The van der Waals surface area contributed by atoms with E-state index in [-0.39, 0.29) is 6.04 Å². The summed E-state index contributed by atoms with van der Waals surface area (Å²) in [6.45, 7) is 5.22. The molecule has 0 saturated carbocycles. The largest absolute Gasteiger partial charge is 0.493 e. The molecule has 0 bridgehead atoms. The van der Waals surface area contributed by atoms with Crippen LogP contribution in [0.15, 0.2) is 55.1 Å². The molecule has 0 radical (unpaired) electrons. The van der Waals surface area contributed by atoms with Crippen LogP contribution in [0.25, 0.3) is 16.6 Å². The Labute approximate surface area is 224 Å². The molecule has 4 rings (SSSR count). The van der Waals surface area contributed by atoms with E-state index >= 15 is 0 Å². The molecule has 0 unspecified atom stereocenters. The Bertz CT molecular complexity index is 1380. The van der Waals surface area contributed by atoms with Crippen molar-refractivity contribution in [2.45, 2.75) is 26.3 Å². The van der Waals surface area contributed by atoms with Gasteiger partial charge >= 0.3 is 5.97 Å². The molecule has 0 saturated heterocycles. The summed E-state index contributed by atoms with van der Waals surface area (Å²) in [5.41, 5.74) is 1.81. The summed E-state index contributed by atoms with van der Waals surface area (Å²) >= 11 is 18.9. The second-order valence-electron chi connectivity index (χ2n) is 8.35. The molecule has 0 spiro atoms. The van der Waals surface area contributed by atoms with Gasteiger partial charge in [0.25, 0.3) is 0 Å². The number of imidazole rings is 1. The minimum Gasteiger partial charge on any atom is -0.493 e. The third-order valence-corrected chi connectivity index (χ3v) is 6.71. The molecule has 188 valence electrons. The third kappa shape index (κ3) is 5.53. The Morgan fingerprint density at radius 1 is 1.14 bits per heavy atom. The number of methoxy groups -OCH3 is 1. The maximum Gasteiger partial charge on any atom is 0.341 e. The van der Waals surface area contributed by atoms with Gasteiger partial charge < -0.3 is 18.9 Å². The Kier molecular flexibility index (Phi) is 8.24. The quantitative estimate of drug-likeness (QED) is 0.169. The molecule has 10 heteroatoms. The van der Waals surface area contributed by atoms with Crippen molar-refractivity contribution in [2.75, 3.05) is 25.2 Å². The summed E-state index contributed by atoms with van der Waals surface area (Å²) in [7, 11) is 1.32. The van der Waals surface area contributed by atoms with Crippen molar-refractivity contribution in [2.24, 2.45) is 0 Å². The van der Waals surface area contributed by atoms with Crippen molar-refractivity contribution in [3.05, 3.63) is 75.8 Å². The average molecular weight is 548 g/mol. The molecule has 2 aromatic carbocycles. The molecular weight excluding hydrogens is 523 g/mol. The van der Waals surface area contributed by atoms with Gasteiger partial charge in [0.15, 0.2) is 0 Å². The highest BCUT2D eigenvalue weighted by Crippen LogP contribution is 2.35. The van der Waals surface area contributed by atoms with Crippen LogP contribution in [0.1, 0.15) is 30.6 Å². The average Bonchev–Trinajstić information content (AvgIpc) is 3.40. The number of carbonyl (C=O) groups is 1. The number of nitrogens with zero attached hydrogens (tertiary/aromatic N) is 4. The zero-order chi connectivity index (χ0) is 25.8. The molecule has 0 fully saturated rings. The maximum atomic E-state index is 12.1. The van der Waals surface area contributed by atoms with Gasteiger partial charge in [0.2, 0.25) is 0 Å². The molecule has 2 heterocycles. The van der Waals surface area contributed by atoms with Gasteiger partial charge in [0.1, 0.15) is 17.1 Å². The lowest BCUT2D eigenvalue weighted by atomic mass is 10.1. The summed E-state index contributed by atoms with van der Waals surface area (Å²) in [6, 6.07) is 10.7. The molecular formula is C26H25Cl3N4O3. The number of pyridine rings is 1. The van der Waals surface area contributed by atoms with Gasteiger partial charge in [-0.15, -0.1) is 0 Å². The lowest BCUT2D eigenvalue weighted by Crippen LogP contribution is -2.33. The zero-order valence-electron chi connectivity index (χ0n) is 20.0. The number of fused-ring (bicyclic) bond motifs is 1. The van der Waals surface area contributed by atoms with Crippen LogP contribution in [0.2, 0.25) is 15.1 Å². The number of ether oxygens (including phenoxy) is 2. The van der Waals surface area contributed by atoms with Gasteiger partial charge in [-0.05, 0) is 50.6 Å². The molecule has 0 amide bonds. The van der Waals surface area contributed by atoms with Crippen molar-refractivity contribution in [1.82, 2.24) is 14.5 Å². The van der Waals surface area contributed by atoms with Gasteiger partial charge in [-0.2, -0.15) is 0 Å². The Hall–Kier alpha value is -3.00. The van der Waals surface area contributed by atoms with Gasteiger partial charge in [0, 0.05) is 41.5 Å². The van der Waals surface area contributed by atoms with Crippen LogP contribution in [0.4, 0.5) is 5.82 Å². The number of halogens is 3. The van der Waals surface area contributed by atoms with E-state index in [4.69, 9.17) is 49.3 Å². The highest BCUT2D eigenvalue weighted by molar-refractivity contribution is 6.45. The molecule has 0 N–H and O–H groups in total. The smallest absolute Gasteiger partial charge is 0.341 e. The zero-order valence-corrected chi connectivity index (χ0v) is 22.3. The van der Waals surface area contributed by atoms with Crippen molar-refractivity contribution >= 4 is 57.5 Å². The van der Waals surface area contributed by atoms with E-state index in [2.05, 4.69) is 23.7 Å². The highest BCUT2D eigenvalue weighted by atomic mass is 35.5. The highest BCUT2D eigenvalue weighted by Gasteiger charge is 2.19. The van der Waals surface area contributed by atoms with E-state index in [1.54, 1.807) is 30.7 Å². The molecule has 0 aliphatic carbocycles. The molecule has 0 aliphatic rings. The maximum absolute atomic E-state index is 12.1. The van der Waals surface area contributed by atoms with E-state index in [1.165, 1.54) is 13.2 Å². The number of anilines is 1. The molecule has 0 atom stereocenters. The first-order valence-corrected chi connectivity index (χ1v) is 12.5. The van der Waals surface area contributed by atoms with Crippen molar-refractivity contribution < 1.29 is 14.3 Å². The fourth-order valence-corrected chi connectivity index (χ4v) is 4.45. The summed E-state index contributed by atoms with van der Waals surface area (Å²) in [6.07, 6.45) is 6.00. The van der Waals surface area contributed by atoms with Crippen molar-refractivity contribution in [3.63, 3.8) is 0 Å². The van der Waals surface area contributed by atoms with Crippen LogP contribution >= 0.6 is 34.8 Å². The monoisotopic (exact) mass is 546 g/mol. The third-order valence-electron chi connectivity index (χ3n) is 5.69. The number of hydrogen-bond donors (Lipinski definition) is 0. The predicted molar refractivity (Wildman–Crippen MR) is 144 cm³/mol. The fraction of sp³-hybridized carbons (Fsp3) is 0.269. The lowest BCUT2D eigenvalue weighted by molar-refractivity contribution is 0.0596. The predicted octanol–water partition coefficient (Wildman–Crippen LogP) is 6.85. The van der Waals surface area contributed by atoms with Gasteiger partial charge in [-0.3, -0.25) is 0 Å². The molecule has 0 aliphatic heterocycles. The molecule has 7 nitrogen and oxygen atoms in total. The van der Waals surface area contributed by atoms with E-state index in [1.807, 2.05) is 22.9 Å². The van der Waals surface area contributed by atoms with Gasteiger partial charge in [-0.25, -0.2) is 14.8 Å². The minimum atomic E-state index is -0.501.